The van der Waals surface area contributed by atoms with E-state index in [0.717, 1.165) is 24.2 Å². The normalized spacial score (nSPS) is 16.4. The number of thiophene rings is 2. The standard InChI is InChI=1S/C22H22N6S2/c1-14-5-2-3-6-16(14)24-22-26-19(25-21(23)27-22)13-28-10-8-17-15(9-12-30-17)20(28)18-7-4-11-29-18/h2-7,9,11-12,20H,8,10,13H2,1H3,(H3,23,24,25,26,27). The summed E-state index contributed by atoms with van der Waals surface area (Å²) in [6, 6.07) is 14.9. The van der Waals surface area contributed by atoms with Crippen LogP contribution in [-0.2, 0) is 13.0 Å². The van der Waals surface area contributed by atoms with Crippen molar-refractivity contribution in [2.45, 2.75) is 25.9 Å². The van der Waals surface area contributed by atoms with Gasteiger partial charge < -0.3 is 11.1 Å². The summed E-state index contributed by atoms with van der Waals surface area (Å²) in [6.45, 7) is 3.63. The Labute approximate surface area is 183 Å². The third-order valence-electron chi connectivity index (χ3n) is 5.31. The number of nitrogen functional groups attached to an aromatic ring is 1. The molecule has 0 fully saturated rings. The minimum atomic E-state index is 0.228. The number of nitrogens with two attached hydrogens (primary N) is 1. The SMILES string of the molecule is Cc1ccccc1Nc1nc(N)nc(CN2CCc3sccc3C2c2cccs2)n1. The smallest absolute Gasteiger partial charge is 0.232 e. The molecule has 30 heavy (non-hydrogen) atoms. The van der Waals surface area contributed by atoms with Gasteiger partial charge in [-0.3, -0.25) is 4.90 Å². The lowest BCUT2D eigenvalue weighted by Gasteiger charge is -2.34. The number of fused-ring (bicyclic) bond motifs is 1. The fourth-order valence-electron chi connectivity index (χ4n) is 3.90. The van der Waals surface area contributed by atoms with E-state index in [-0.39, 0.29) is 12.0 Å². The highest BCUT2D eigenvalue weighted by Gasteiger charge is 2.31. The Balaban J connectivity index is 1.44. The Bertz CT molecular complexity index is 1150. The first-order chi connectivity index (χ1) is 14.7. The van der Waals surface area contributed by atoms with Gasteiger partial charge in [0.05, 0.1) is 12.6 Å². The molecule has 1 unspecified atom stereocenters. The number of benzene rings is 1. The van der Waals surface area contributed by atoms with E-state index in [4.69, 9.17) is 5.73 Å². The van der Waals surface area contributed by atoms with Crippen molar-refractivity contribution in [1.82, 2.24) is 19.9 Å². The van der Waals surface area contributed by atoms with E-state index in [1.54, 1.807) is 11.3 Å². The van der Waals surface area contributed by atoms with Gasteiger partial charge in [0.2, 0.25) is 11.9 Å². The fraction of sp³-hybridized carbons (Fsp3) is 0.227. The van der Waals surface area contributed by atoms with E-state index in [2.05, 4.69) is 54.1 Å². The van der Waals surface area contributed by atoms with E-state index in [1.807, 2.05) is 42.5 Å². The van der Waals surface area contributed by atoms with Crippen molar-refractivity contribution in [3.63, 3.8) is 0 Å². The molecule has 3 aromatic heterocycles. The van der Waals surface area contributed by atoms with Crippen LogP contribution in [0.4, 0.5) is 17.6 Å². The predicted molar refractivity (Wildman–Crippen MR) is 123 cm³/mol. The van der Waals surface area contributed by atoms with Crippen LogP contribution in [0, 0.1) is 6.92 Å². The highest BCUT2D eigenvalue weighted by molar-refractivity contribution is 7.10. The van der Waals surface area contributed by atoms with Crippen LogP contribution in [0.5, 0.6) is 0 Å². The van der Waals surface area contributed by atoms with Crippen LogP contribution in [0.2, 0.25) is 0 Å². The maximum absolute atomic E-state index is 6.03. The van der Waals surface area contributed by atoms with Gasteiger partial charge in [-0.2, -0.15) is 15.0 Å². The highest BCUT2D eigenvalue weighted by Crippen LogP contribution is 2.40. The summed E-state index contributed by atoms with van der Waals surface area (Å²) >= 11 is 3.64. The van der Waals surface area contributed by atoms with Crippen molar-refractivity contribution in [3.8, 4) is 0 Å². The Morgan fingerprint density at radius 1 is 1.07 bits per heavy atom. The lowest BCUT2D eigenvalue weighted by Crippen LogP contribution is -2.35. The largest absolute Gasteiger partial charge is 0.368 e. The first-order valence-electron chi connectivity index (χ1n) is 9.84. The third kappa shape index (κ3) is 3.81. The van der Waals surface area contributed by atoms with Crippen molar-refractivity contribution < 1.29 is 0 Å². The highest BCUT2D eigenvalue weighted by atomic mass is 32.1. The van der Waals surface area contributed by atoms with E-state index >= 15 is 0 Å². The lowest BCUT2D eigenvalue weighted by atomic mass is 9.98. The molecule has 4 heterocycles. The zero-order chi connectivity index (χ0) is 20.5. The molecule has 3 N–H and O–H groups in total. The average Bonchev–Trinajstić information content (AvgIpc) is 3.41. The summed E-state index contributed by atoms with van der Waals surface area (Å²) in [6.07, 6.45) is 1.05. The molecular weight excluding hydrogens is 412 g/mol. The minimum absolute atomic E-state index is 0.228. The summed E-state index contributed by atoms with van der Waals surface area (Å²) in [5.41, 5.74) is 9.51. The topological polar surface area (TPSA) is 80.0 Å². The van der Waals surface area contributed by atoms with Crippen molar-refractivity contribution in [2.24, 2.45) is 0 Å². The van der Waals surface area contributed by atoms with Crippen LogP contribution in [0.1, 0.15) is 32.7 Å². The molecule has 1 atom stereocenters. The Morgan fingerprint density at radius 2 is 1.97 bits per heavy atom. The molecule has 152 valence electrons. The number of hydrogen-bond donors (Lipinski definition) is 2. The molecule has 0 saturated heterocycles. The van der Waals surface area contributed by atoms with Gasteiger partial charge >= 0.3 is 0 Å². The fourth-order valence-corrected chi connectivity index (χ4v) is 5.68. The van der Waals surface area contributed by atoms with E-state index < -0.39 is 0 Å². The van der Waals surface area contributed by atoms with Gasteiger partial charge in [0.1, 0.15) is 5.82 Å². The van der Waals surface area contributed by atoms with E-state index in [1.165, 1.54) is 15.3 Å². The summed E-state index contributed by atoms with van der Waals surface area (Å²) in [5, 5.41) is 7.62. The first kappa shape index (κ1) is 19.2. The Hall–Kier alpha value is -2.81. The van der Waals surface area contributed by atoms with Crippen molar-refractivity contribution in [3.05, 3.63) is 79.9 Å². The molecule has 4 aromatic rings. The number of aromatic nitrogens is 3. The van der Waals surface area contributed by atoms with E-state index in [0.29, 0.717) is 18.3 Å². The van der Waals surface area contributed by atoms with Gasteiger partial charge in [0.25, 0.3) is 0 Å². The van der Waals surface area contributed by atoms with Gasteiger partial charge in [-0.15, -0.1) is 22.7 Å². The van der Waals surface area contributed by atoms with Crippen molar-refractivity contribution in [2.75, 3.05) is 17.6 Å². The number of rotatable bonds is 5. The first-order valence-corrected chi connectivity index (χ1v) is 11.6. The van der Waals surface area contributed by atoms with Crippen LogP contribution in [0.25, 0.3) is 0 Å². The molecule has 1 aromatic carbocycles. The maximum Gasteiger partial charge on any atom is 0.232 e. The summed E-state index contributed by atoms with van der Waals surface area (Å²) in [4.78, 5) is 18.6. The van der Waals surface area contributed by atoms with Gasteiger partial charge in [-0.25, -0.2) is 0 Å². The van der Waals surface area contributed by atoms with Crippen LogP contribution >= 0.6 is 22.7 Å². The summed E-state index contributed by atoms with van der Waals surface area (Å²) in [7, 11) is 0. The monoisotopic (exact) mass is 434 g/mol. The van der Waals surface area contributed by atoms with Gasteiger partial charge in [-0.05, 0) is 53.4 Å². The molecule has 6 nitrogen and oxygen atoms in total. The minimum Gasteiger partial charge on any atom is -0.368 e. The molecule has 1 aliphatic heterocycles. The zero-order valence-corrected chi connectivity index (χ0v) is 18.2. The Morgan fingerprint density at radius 3 is 2.80 bits per heavy atom. The quantitative estimate of drug-likeness (QED) is 0.471. The third-order valence-corrected chi connectivity index (χ3v) is 7.23. The second-order valence-electron chi connectivity index (χ2n) is 7.31. The lowest BCUT2D eigenvalue weighted by molar-refractivity contribution is 0.203. The Kier molecular flexibility index (Phi) is 5.20. The van der Waals surface area contributed by atoms with Crippen molar-refractivity contribution >= 4 is 40.3 Å². The predicted octanol–water partition coefficient (Wildman–Crippen LogP) is 4.78. The molecule has 8 heteroatoms. The zero-order valence-electron chi connectivity index (χ0n) is 16.6. The number of nitrogens with zero attached hydrogens (tertiary/aromatic N) is 4. The summed E-state index contributed by atoms with van der Waals surface area (Å²) in [5.74, 6) is 1.39. The molecule has 1 aliphatic rings. The number of anilines is 3. The second kappa shape index (κ2) is 8.14. The van der Waals surface area contributed by atoms with Gasteiger partial charge in [0, 0.05) is 22.0 Å². The van der Waals surface area contributed by atoms with Crippen molar-refractivity contribution in [1.29, 1.82) is 0 Å². The van der Waals surface area contributed by atoms with Crippen LogP contribution < -0.4 is 11.1 Å². The van der Waals surface area contributed by atoms with E-state index in [9.17, 15) is 0 Å². The number of hydrogen-bond acceptors (Lipinski definition) is 8. The molecule has 0 aliphatic carbocycles. The average molecular weight is 435 g/mol. The molecule has 0 bridgehead atoms. The molecule has 0 spiro atoms. The van der Waals surface area contributed by atoms with Crippen LogP contribution in [-0.4, -0.2) is 26.4 Å². The molecule has 0 radical (unpaired) electrons. The van der Waals surface area contributed by atoms with Gasteiger partial charge in [-0.1, -0.05) is 24.3 Å². The molecule has 0 amide bonds. The molecular formula is C22H22N6S2. The second-order valence-corrected chi connectivity index (χ2v) is 9.29. The maximum atomic E-state index is 6.03. The number of nitrogens with one attached hydrogen (secondary N) is 1. The number of para-hydroxylation sites is 1. The molecule has 0 saturated carbocycles. The van der Waals surface area contributed by atoms with Crippen LogP contribution in [0.3, 0.4) is 0 Å². The summed E-state index contributed by atoms with van der Waals surface area (Å²) < 4.78 is 0. The number of aryl methyl sites for hydroxylation is 1. The molecule has 5 rings (SSSR count). The van der Waals surface area contributed by atoms with Gasteiger partial charge in [0.15, 0.2) is 0 Å². The van der Waals surface area contributed by atoms with Crippen LogP contribution in [0.15, 0.2) is 53.2 Å².